The average molecular weight is 393 g/mol. The summed E-state index contributed by atoms with van der Waals surface area (Å²) in [7, 11) is 0. The molecule has 0 amide bonds. The van der Waals surface area contributed by atoms with Crippen molar-refractivity contribution in [1.29, 1.82) is 0 Å². The molecule has 0 bridgehead atoms. The molecule has 0 aliphatic heterocycles. The number of unbranched alkanes of at least 4 members (excludes halogenated alkanes) is 3. The first-order valence-corrected chi connectivity index (χ1v) is 11.6. The summed E-state index contributed by atoms with van der Waals surface area (Å²) in [6.45, 7) is 5.23. The number of hydrogen-bond acceptors (Lipinski definition) is 2. The van der Waals surface area contributed by atoms with Crippen LogP contribution in [-0.2, 0) is 4.79 Å². The normalized spacial score (nSPS) is 19.3. The lowest BCUT2D eigenvalue weighted by Gasteiger charge is -2.27. The topological polar surface area (TPSA) is 26.3 Å². The second-order valence-corrected chi connectivity index (χ2v) is 8.51. The first kappa shape index (κ1) is 21.6. The molecule has 0 spiro atoms. The minimum absolute atomic E-state index is 0.0978. The number of Topliss-reactive ketones (excluding diaryl/α,β-unsaturated/α-hetero) is 1. The molecule has 2 aromatic rings. The minimum Gasteiger partial charge on any atom is -0.494 e. The lowest BCUT2D eigenvalue weighted by atomic mass is 9.76. The number of benzene rings is 2. The van der Waals surface area contributed by atoms with Gasteiger partial charge in [-0.3, -0.25) is 4.79 Å². The van der Waals surface area contributed by atoms with E-state index in [0.717, 1.165) is 31.6 Å². The van der Waals surface area contributed by atoms with Gasteiger partial charge < -0.3 is 4.74 Å². The number of hydrogen-bond donors (Lipinski definition) is 0. The molecular weight excluding hydrogens is 356 g/mol. The van der Waals surface area contributed by atoms with E-state index in [1.807, 2.05) is 0 Å². The van der Waals surface area contributed by atoms with Crippen LogP contribution in [0.2, 0.25) is 0 Å². The number of ether oxygens (including phenoxy) is 1. The molecule has 3 rings (SSSR count). The molecular formula is C27H36O2. The van der Waals surface area contributed by atoms with Crippen molar-refractivity contribution >= 4 is 5.78 Å². The number of carbonyl (C=O) groups excluding carboxylic acids is 1. The minimum atomic E-state index is 0.0978. The molecule has 2 aromatic carbocycles. The molecule has 0 N–H and O–H groups in total. The predicted molar refractivity (Wildman–Crippen MR) is 122 cm³/mol. The van der Waals surface area contributed by atoms with Crippen LogP contribution >= 0.6 is 0 Å². The maximum atomic E-state index is 12.6. The summed E-state index contributed by atoms with van der Waals surface area (Å²) in [4.78, 5) is 12.6. The maximum absolute atomic E-state index is 12.6. The van der Waals surface area contributed by atoms with Crippen LogP contribution in [0.5, 0.6) is 5.75 Å². The summed E-state index contributed by atoms with van der Waals surface area (Å²) in [5.41, 5.74) is 3.56. The molecule has 0 aromatic heterocycles. The summed E-state index contributed by atoms with van der Waals surface area (Å²) in [6.07, 6.45) is 10.2. The van der Waals surface area contributed by atoms with Crippen LogP contribution in [0.4, 0.5) is 0 Å². The van der Waals surface area contributed by atoms with Crippen molar-refractivity contribution in [2.45, 2.75) is 77.6 Å². The highest BCUT2D eigenvalue weighted by molar-refractivity contribution is 5.86. The highest BCUT2D eigenvalue weighted by atomic mass is 16.5. The first-order valence-electron chi connectivity index (χ1n) is 11.6. The monoisotopic (exact) mass is 392 g/mol. The van der Waals surface area contributed by atoms with Crippen LogP contribution in [0.15, 0.2) is 48.5 Å². The van der Waals surface area contributed by atoms with Crippen LogP contribution in [0.1, 0.15) is 83.1 Å². The molecule has 1 aliphatic rings. The first-order chi connectivity index (χ1) is 14.2. The molecule has 156 valence electrons. The Labute approximate surface area is 176 Å². The van der Waals surface area contributed by atoms with Gasteiger partial charge in [0, 0.05) is 12.3 Å². The van der Waals surface area contributed by atoms with Crippen LogP contribution in [-0.4, -0.2) is 12.4 Å². The summed E-state index contributed by atoms with van der Waals surface area (Å²) < 4.78 is 5.84. The Morgan fingerprint density at radius 1 is 0.828 bits per heavy atom. The van der Waals surface area contributed by atoms with Crippen LogP contribution in [0.3, 0.4) is 0 Å². The van der Waals surface area contributed by atoms with Gasteiger partial charge in [-0.2, -0.15) is 0 Å². The largest absolute Gasteiger partial charge is 0.494 e. The molecule has 0 unspecified atom stereocenters. The van der Waals surface area contributed by atoms with Crippen molar-refractivity contribution < 1.29 is 9.53 Å². The Bertz CT molecular complexity index is 745. The molecule has 1 aliphatic carbocycles. The fraction of sp³-hybridized carbons (Fsp3) is 0.519. The van der Waals surface area contributed by atoms with E-state index in [-0.39, 0.29) is 5.92 Å². The zero-order valence-corrected chi connectivity index (χ0v) is 18.2. The Hall–Kier alpha value is -2.09. The molecule has 0 heterocycles. The molecule has 0 radical (unpaired) electrons. The van der Waals surface area contributed by atoms with Crippen molar-refractivity contribution in [2.24, 2.45) is 5.92 Å². The van der Waals surface area contributed by atoms with Crippen molar-refractivity contribution in [1.82, 2.24) is 0 Å². The molecule has 2 atom stereocenters. The van der Waals surface area contributed by atoms with Gasteiger partial charge in [-0.15, -0.1) is 0 Å². The van der Waals surface area contributed by atoms with Crippen LogP contribution in [0, 0.1) is 5.92 Å². The molecule has 29 heavy (non-hydrogen) atoms. The van der Waals surface area contributed by atoms with Gasteiger partial charge in [0.15, 0.2) is 0 Å². The quantitative estimate of drug-likeness (QED) is 0.390. The van der Waals surface area contributed by atoms with E-state index >= 15 is 0 Å². The molecule has 2 heteroatoms. The van der Waals surface area contributed by atoms with Crippen molar-refractivity contribution in [3.8, 4) is 16.9 Å². The molecule has 2 nitrogen and oxygen atoms in total. The molecule has 1 saturated carbocycles. The Morgan fingerprint density at radius 3 is 2.14 bits per heavy atom. The van der Waals surface area contributed by atoms with Crippen molar-refractivity contribution in [3.05, 3.63) is 54.1 Å². The van der Waals surface area contributed by atoms with Gasteiger partial charge in [-0.1, -0.05) is 82.3 Å². The summed E-state index contributed by atoms with van der Waals surface area (Å²) in [6, 6.07) is 17.0. The van der Waals surface area contributed by atoms with Gasteiger partial charge in [-0.25, -0.2) is 0 Å². The van der Waals surface area contributed by atoms with Gasteiger partial charge in [-0.05, 0) is 54.0 Å². The zero-order chi connectivity index (χ0) is 20.5. The zero-order valence-electron chi connectivity index (χ0n) is 18.2. The third kappa shape index (κ3) is 6.19. The summed E-state index contributed by atoms with van der Waals surface area (Å²) >= 11 is 0. The van der Waals surface area contributed by atoms with Crippen molar-refractivity contribution in [2.75, 3.05) is 6.61 Å². The Morgan fingerprint density at radius 2 is 1.52 bits per heavy atom. The lowest BCUT2D eigenvalue weighted by molar-refractivity contribution is -0.123. The SMILES string of the molecule is CCCCCCOc1ccc(-c2ccc([C@H]3CC[C@H](CCC)CC3=O)cc2)cc1. The fourth-order valence-corrected chi connectivity index (χ4v) is 4.47. The smallest absolute Gasteiger partial charge is 0.140 e. The standard InChI is InChI=1S/C27H36O2/c1-3-5-6-7-19-29-25-16-14-23(15-17-25)22-10-12-24(13-11-22)26-18-9-21(8-4-2)20-27(26)28/h10-17,21,26H,3-9,18-20H2,1-2H3/t21-,26+/m0/s1. The van der Waals surface area contributed by atoms with E-state index < -0.39 is 0 Å². The number of rotatable bonds is 10. The summed E-state index contributed by atoms with van der Waals surface area (Å²) in [5.74, 6) is 2.08. The van der Waals surface area contributed by atoms with Gasteiger partial charge in [0.05, 0.1) is 6.61 Å². The lowest BCUT2D eigenvalue weighted by Crippen LogP contribution is -2.23. The summed E-state index contributed by atoms with van der Waals surface area (Å²) in [5, 5.41) is 0. The van der Waals surface area contributed by atoms with Gasteiger partial charge >= 0.3 is 0 Å². The van der Waals surface area contributed by atoms with E-state index in [1.165, 1.54) is 55.2 Å². The van der Waals surface area contributed by atoms with E-state index in [9.17, 15) is 4.79 Å². The predicted octanol–water partition coefficient (Wildman–Crippen LogP) is 7.57. The van der Waals surface area contributed by atoms with Gasteiger partial charge in [0.25, 0.3) is 0 Å². The van der Waals surface area contributed by atoms with E-state index in [1.54, 1.807) is 0 Å². The molecule has 0 saturated heterocycles. The fourth-order valence-electron chi connectivity index (χ4n) is 4.47. The van der Waals surface area contributed by atoms with E-state index in [4.69, 9.17) is 4.74 Å². The number of carbonyl (C=O) groups is 1. The van der Waals surface area contributed by atoms with Crippen LogP contribution in [0.25, 0.3) is 11.1 Å². The second kappa shape index (κ2) is 11.2. The van der Waals surface area contributed by atoms with Gasteiger partial charge in [0.2, 0.25) is 0 Å². The van der Waals surface area contributed by atoms with Crippen molar-refractivity contribution in [3.63, 3.8) is 0 Å². The third-order valence-corrected chi connectivity index (χ3v) is 6.21. The Kier molecular flexibility index (Phi) is 8.34. The van der Waals surface area contributed by atoms with E-state index in [2.05, 4.69) is 62.4 Å². The Balaban J connectivity index is 1.55. The maximum Gasteiger partial charge on any atom is 0.140 e. The second-order valence-electron chi connectivity index (χ2n) is 8.51. The average Bonchev–Trinajstić information content (AvgIpc) is 2.75. The third-order valence-electron chi connectivity index (χ3n) is 6.21. The number of ketones is 1. The van der Waals surface area contributed by atoms with E-state index in [0.29, 0.717) is 11.7 Å². The van der Waals surface area contributed by atoms with Gasteiger partial charge in [0.1, 0.15) is 11.5 Å². The highest BCUT2D eigenvalue weighted by Crippen LogP contribution is 2.35. The highest BCUT2D eigenvalue weighted by Gasteiger charge is 2.29. The van der Waals surface area contributed by atoms with Crippen LogP contribution < -0.4 is 4.74 Å². The molecule has 1 fully saturated rings.